The average molecular weight is 383 g/mol. The zero-order chi connectivity index (χ0) is 16.1. The fraction of sp³-hybridized carbons (Fsp3) is 0.444. The van der Waals surface area contributed by atoms with Gasteiger partial charge in [-0.25, -0.2) is 0 Å². The first-order valence-corrected chi connectivity index (χ1v) is 9.37. The van der Waals surface area contributed by atoms with Crippen LogP contribution < -0.4 is 4.74 Å². The minimum atomic E-state index is -0.578. The van der Waals surface area contributed by atoms with Crippen LogP contribution in [0.3, 0.4) is 0 Å². The van der Waals surface area contributed by atoms with Crippen LogP contribution in [0.4, 0.5) is 0 Å². The highest BCUT2D eigenvalue weighted by molar-refractivity contribution is 9.10. The lowest BCUT2D eigenvalue weighted by Gasteiger charge is -2.16. The van der Waals surface area contributed by atoms with Gasteiger partial charge in [-0.2, -0.15) is 0 Å². The summed E-state index contributed by atoms with van der Waals surface area (Å²) < 4.78 is 6.69. The molecule has 0 spiro atoms. The van der Waals surface area contributed by atoms with Crippen LogP contribution in [0.2, 0.25) is 0 Å². The van der Waals surface area contributed by atoms with E-state index in [0.717, 1.165) is 52.1 Å². The molecule has 1 heterocycles. The molecule has 0 fully saturated rings. The van der Waals surface area contributed by atoms with Gasteiger partial charge in [0.1, 0.15) is 11.9 Å². The smallest absolute Gasteiger partial charge is 0.133 e. The Balaban J connectivity index is 2.22. The Labute approximate surface area is 145 Å². The number of thiophene rings is 1. The minimum absolute atomic E-state index is 0.578. The quantitative estimate of drug-likeness (QED) is 0.627. The zero-order valence-electron chi connectivity index (χ0n) is 13.4. The third-order valence-corrected chi connectivity index (χ3v) is 5.57. The summed E-state index contributed by atoms with van der Waals surface area (Å²) in [6, 6.07) is 8.10. The molecule has 0 saturated heterocycles. The van der Waals surface area contributed by atoms with E-state index in [0.29, 0.717) is 0 Å². The predicted octanol–water partition coefficient (Wildman–Crippen LogP) is 5.64. The summed E-state index contributed by atoms with van der Waals surface area (Å²) in [6.07, 6.45) is 2.59. The van der Waals surface area contributed by atoms with E-state index in [-0.39, 0.29) is 0 Å². The van der Waals surface area contributed by atoms with Gasteiger partial charge in [0.15, 0.2) is 0 Å². The second-order valence-electron chi connectivity index (χ2n) is 5.40. The van der Waals surface area contributed by atoms with Gasteiger partial charge in [0, 0.05) is 9.75 Å². The maximum absolute atomic E-state index is 10.7. The fourth-order valence-electron chi connectivity index (χ4n) is 2.29. The van der Waals surface area contributed by atoms with Gasteiger partial charge in [-0.05, 0) is 71.1 Å². The molecule has 0 amide bonds. The molecule has 0 radical (unpaired) electrons. The molecule has 0 aliphatic carbocycles. The van der Waals surface area contributed by atoms with E-state index in [9.17, 15) is 5.11 Å². The van der Waals surface area contributed by atoms with Crippen LogP contribution in [-0.4, -0.2) is 11.7 Å². The Morgan fingerprint density at radius 2 is 2.05 bits per heavy atom. The summed E-state index contributed by atoms with van der Waals surface area (Å²) in [7, 11) is 0. The van der Waals surface area contributed by atoms with Crippen molar-refractivity contribution in [3.05, 3.63) is 49.6 Å². The maximum Gasteiger partial charge on any atom is 0.133 e. The van der Waals surface area contributed by atoms with Crippen molar-refractivity contribution in [1.82, 2.24) is 0 Å². The van der Waals surface area contributed by atoms with Gasteiger partial charge in [0.05, 0.1) is 11.1 Å². The molecule has 2 aromatic rings. The summed E-state index contributed by atoms with van der Waals surface area (Å²) in [5.74, 6) is 0.849. The number of hydrogen-bond donors (Lipinski definition) is 1. The minimum Gasteiger partial charge on any atom is -0.492 e. The second kappa shape index (κ2) is 8.14. The van der Waals surface area contributed by atoms with E-state index in [4.69, 9.17) is 4.74 Å². The van der Waals surface area contributed by atoms with Crippen LogP contribution in [0.25, 0.3) is 0 Å². The van der Waals surface area contributed by atoms with Gasteiger partial charge in [-0.1, -0.05) is 20.3 Å². The highest BCUT2D eigenvalue weighted by atomic mass is 79.9. The number of aliphatic hydroxyl groups is 1. The Bertz CT molecular complexity index is 622. The number of hydrogen-bond acceptors (Lipinski definition) is 3. The average Bonchev–Trinajstić information content (AvgIpc) is 2.99. The van der Waals surface area contributed by atoms with E-state index in [2.05, 4.69) is 35.8 Å². The number of rotatable bonds is 7. The summed E-state index contributed by atoms with van der Waals surface area (Å²) in [5.41, 5.74) is 1.98. The molecule has 2 nitrogen and oxygen atoms in total. The summed E-state index contributed by atoms with van der Waals surface area (Å²) in [4.78, 5) is 2.29. The van der Waals surface area contributed by atoms with Crippen LogP contribution in [0, 0.1) is 6.92 Å². The number of aryl methyl sites for hydroxylation is 2. The van der Waals surface area contributed by atoms with Crippen LogP contribution in [0.5, 0.6) is 5.75 Å². The molecule has 0 aliphatic heterocycles. The van der Waals surface area contributed by atoms with Gasteiger partial charge in [-0.15, -0.1) is 11.3 Å². The van der Waals surface area contributed by atoms with Crippen LogP contribution in [-0.2, 0) is 6.42 Å². The van der Waals surface area contributed by atoms with Crippen molar-refractivity contribution >= 4 is 27.3 Å². The monoisotopic (exact) mass is 382 g/mol. The predicted molar refractivity (Wildman–Crippen MR) is 97.0 cm³/mol. The van der Waals surface area contributed by atoms with Gasteiger partial charge in [0.2, 0.25) is 0 Å². The molecular weight excluding hydrogens is 360 g/mol. The van der Waals surface area contributed by atoms with Crippen LogP contribution in [0.1, 0.15) is 53.7 Å². The molecule has 1 N–H and O–H groups in total. The molecule has 4 heteroatoms. The first kappa shape index (κ1) is 17.5. The Morgan fingerprint density at radius 1 is 1.27 bits per heavy atom. The molecule has 1 aromatic heterocycles. The number of aliphatic hydroxyl groups excluding tert-OH is 1. The van der Waals surface area contributed by atoms with Crippen molar-refractivity contribution in [3.63, 3.8) is 0 Å². The molecule has 1 unspecified atom stereocenters. The third-order valence-electron chi connectivity index (χ3n) is 3.67. The van der Waals surface area contributed by atoms with Crippen molar-refractivity contribution in [2.75, 3.05) is 6.61 Å². The number of ether oxygens (including phenoxy) is 1. The van der Waals surface area contributed by atoms with E-state index in [1.807, 2.05) is 25.1 Å². The maximum atomic E-state index is 10.7. The standard InChI is InChI=1S/C18H23BrO2S/c1-4-6-9-21-16-10-12(3)14(11-15(16)19)18(20)17-8-7-13(5-2)22-17/h7-8,10-11,18,20H,4-6,9H2,1-3H3. The Morgan fingerprint density at radius 3 is 2.68 bits per heavy atom. The zero-order valence-corrected chi connectivity index (χ0v) is 15.8. The summed E-state index contributed by atoms with van der Waals surface area (Å²) in [5, 5.41) is 10.7. The number of halogens is 1. The lowest BCUT2D eigenvalue weighted by molar-refractivity contribution is 0.223. The lowest BCUT2D eigenvalue weighted by atomic mass is 10.0. The SMILES string of the molecule is CCCCOc1cc(C)c(C(O)c2ccc(CC)s2)cc1Br. The molecule has 0 saturated carbocycles. The van der Waals surface area contributed by atoms with E-state index in [1.54, 1.807) is 11.3 Å². The molecule has 0 bridgehead atoms. The van der Waals surface area contributed by atoms with Crippen molar-refractivity contribution in [2.45, 2.75) is 46.1 Å². The second-order valence-corrected chi connectivity index (χ2v) is 7.46. The van der Waals surface area contributed by atoms with Crippen LogP contribution in [0.15, 0.2) is 28.7 Å². The molecule has 1 atom stereocenters. The number of benzene rings is 1. The highest BCUT2D eigenvalue weighted by Crippen LogP contribution is 2.35. The Hall–Kier alpha value is -0.840. The molecule has 0 aliphatic rings. The van der Waals surface area contributed by atoms with Crippen molar-refractivity contribution in [2.24, 2.45) is 0 Å². The molecule has 1 aromatic carbocycles. The topological polar surface area (TPSA) is 29.5 Å². The van der Waals surface area contributed by atoms with Crippen LogP contribution >= 0.6 is 27.3 Å². The van der Waals surface area contributed by atoms with Crippen molar-refractivity contribution in [3.8, 4) is 5.75 Å². The molecule has 120 valence electrons. The van der Waals surface area contributed by atoms with Gasteiger partial charge < -0.3 is 9.84 Å². The van der Waals surface area contributed by atoms with Crippen molar-refractivity contribution in [1.29, 1.82) is 0 Å². The third kappa shape index (κ3) is 4.12. The van der Waals surface area contributed by atoms with Gasteiger partial charge in [-0.3, -0.25) is 0 Å². The highest BCUT2D eigenvalue weighted by Gasteiger charge is 2.17. The Kier molecular flexibility index (Phi) is 6.48. The van der Waals surface area contributed by atoms with E-state index < -0.39 is 6.10 Å². The first-order chi connectivity index (χ1) is 10.6. The molecule has 2 rings (SSSR count). The summed E-state index contributed by atoms with van der Waals surface area (Å²) in [6.45, 7) is 7.02. The van der Waals surface area contributed by atoms with Crippen molar-refractivity contribution < 1.29 is 9.84 Å². The fourth-order valence-corrected chi connectivity index (χ4v) is 3.72. The lowest BCUT2D eigenvalue weighted by Crippen LogP contribution is -2.03. The normalized spacial score (nSPS) is 12.4. The van der Waals surface area contributed by atoms with Gasteiger partial charge >= 0.3 is 0 Å². The number of unbranched alkanes of at least 4 members (excludes halogenated alkanes) is 1. The molecular formula is C18H23BrO2S. The largest absolute Gasteiger partial charge is 0.492 e. The van der Waals surface area contributed by atoms with Gasteiger partial charge in [0.25, 0.3) is 0 Å². The molecule has 22 heavy (non-hydrogen) atoms. The summed E-state index contributed by atoms with van der Waals surface area (Å²) >= 11 is 5.24. The van der Waals surface area contributed by atoms with E-state index >= 15 is 0 Å². The van der Waals surface area contributed by atoms with E-state index in [1.165, 1.54) is 4.88 Å². The first-order valence-electron chi connectivity index (χ1n) is 7.76.